The van der Waals surface area contributed by atoms with Gasteiger partial charge in [-0.3, -0.25) is 24.0 Å². The molecule has 202 valence electrons. The van der Waals surface area contributed by atoms with E-state index in [1.54, 1.807) is 13.8 Å². The van der Waals surface area contributed by atoms with Crippen molar-refractivity contribution in [2.75, 3.05) is 17.1 Å². The topological polar surface area (TPSA) is 130 Å². The Balaban J connectivity index is 2.52. The van der Waals surface area contributed by atoms with E-state index in [0.29, 0.717) is 17.5 Å². The van der Waals surface area contributed by atoms with Gasteiger partial charge in [-0.05, 0) is 49.9 Å². The van der Waals surface area contributed by atoms with Crippen LogP contribution >= 0.6 is 0 Å². The summed E-state index contributed by atoms with van der Waals surface area (Å²) in [7, 11) is -4.05. The molecule has 0 heterocycles. The molecule has 2 amide bonds. The van der Waals surface area contributed by atoms with E-state index in [0.717, 1.165) is 16.6 Å². The van der Waals surface area contributed by atoms with Gasteiger partial charge < -0.3 is 10.2 Å². The number of amides is 2. The number of nitrogens with zero attached hydrogens (tertiary/aromatic N) is 3. The Kier molecular flexibility index (Phi) is 10.1. The SMILES string of the molecule is CCC(C)NC(=O)C(CC)N(Cc1ccc(F)cc1)C(=O)CN(c1cc([N+](=O)[O-])ccc1C)S(C)(=O)=O. The van der Waals surface area contributed by atoms with Gasteiger partial charge in [0, 0.05) is 24.7 Å². The highest BCUT2D eigenvalue weighted by Gasteiger charge is 2.33. The Labute approximate surface area is 216 Å². The predicted octanol–water partition coefficient (Wildman–Crippen LogP) is 3.53. The summed E-state index contributed by atoms with van der Waals surface area (Å²) in [5.74, 6) is -1.55. The van der Waals surface area contributed by atoms with Crippen molar-refractivity contribution < 1.29 is 27.3 Å². The van der Waals surface area contributed by atoms with E-state index in [4.69, 9.17) is 0 Å². The third-order valence-corrected chi connectivity index (χ3v) is 7.13. The molecule has 12 heteroatoms. The zero-order valence-corrected chi connectivity index (χ0v) is 22.4. The highest BCUT2D eigenvalue weighted by molar-refractivity contribution is 7.92. The Morgan fingerprint density at radius 1 is 1.11 bits per heavy atom. The molecule has 37 heavy (non-hydrogen) atoms. The fourth-order valence-electron chi connectivity index (χ4n) is 3.72. The number of nitro benzene ring substituents is 1. The third kappa shape index (κ3) is 7.97. The normalized spacial score (nSPS) is 12.9. The second-order valence-electron chi connectivity index (χ2n) is 8.89. The van der Waals surface area contributed by atoms with Crippen molar-refractivity contribution >= 4 is 33.2 Å². The molecule has 2 unspecified atom stereocenters. The summed E-state index contributed by atoms with van der Waals surface area (Å²) in [5, 5.41) is 14.2. The number of halogens is 1. The van der Waals surface area contributed by atoms with Crippen molar-refractivity contribution in [3.05, 3.63) is 69.5 Å². The lowest BCUT2D eigenvalue weighted by atomic mass is 10.1. The van der Waals surface area contributed by atoms with Crippen LogP contribution in [0.1, 0.15) is 44.7 Å². The van der Waals surface area contributed by atoms with E-state index in [1.807, 2.05) is 13.8 Å². The maximum Gasteiger partial charge on any atom is 0.271 e. The molecule has 0 radical (unpaired) electrons. The molecule has 0 saturated carbocycles. The van der Waals surface area contributed by atoms with Crippen molar-refractivity contribution in [2.24, 2.45) is 0 Å². The van der Waals surface area contributed by atoms with E-state index in [1.165, 1.54) is 41.3 Å². The van der Waals surface area contributed by atoms with Gasteiger partial charge in [0.1, 0.15) is 18.4 Å². The Bertz CT molecular complexity index is 1240. The van der Waals surface area contributed by atoms with Gasteiger partial charge in [-0.1, -0.05) is 32.0 Å². The first kappa shape index (κ1) is 29.7. The van der Waals surface area contributed by atoms with Crippen LogP contribution in [0.3, 0.4) is 0 Å². The Morgan fingerprint density at radius 3 is 2.24 bits per heavy atom. The van der Waals surface area contributed by atoms with Crippen LogP contribution in [0, 0.1) is 22.9 Å². The number of rotatable bonds is 12. The molecule has 0 saturated heterocycles. The molecule has 10 nitrogen and oxygen atoms in total. The number of aryl methyl sites for hydroxylation is 1. The number of nitro groups is 1. The van der Waals surface area contributed by atoms with Crippen LogP contribution in [-0.2, 0) is 26.2 Å². The number of non-ortho nitro benzene ring substituents is 1. The van der Waals surface area contributed by atoms with Gasteiger partial charge in [0.15, 0.2) is 0 Å². The lowest BCUT2D eigenvalue weighted by Gasteiger charge is -2.33. The lowest BCUT2D eigenvalue weighted by Crippen LogP contribution is -2.53. The number of hydrogen-bond acceptors (Lipinski definition) is 6. The zero-order valence-electron chi connectivity index (χ0n) is 21.6. The summed E-state index contributed by atoms with van der Waals surface area (Å²) in [6, 6.07) is 8.09. The molecule has 2 atom stereocenters. The van der Waals surface area contributed by atoms with Gasteiger partial charge in [0.2, 0.25) is 21.8 Å². The molecule has 1 N–H and O–H groups in total. The molecule has 0 aliphatic heterocycles. The summed E-state index contributed by atoms with van der Waals surface area (Å²) in [5.41, 5.74) is 0.616. The van der Waals surface area contributed by atoms with E-state index in [9.17, 15) is 32.5 Å². The molecule has 0 spiro atoms. The predicted molar refractivity (Wildman–Crippen MR) is 139 cm³/mol. The minimum atomic E-state index is -4.05. The summed E-state index contributed by atoms with van der Waals surface area (Å²) >= 11 is 0. The first-order valence-electron chi connectivity index (χ1n) is 11.8. The standard InChI is InChI=1S/C25H33FN4O6S/c1-6-18(4)27-25(32)22(7-2)28(15-19-9-11-20(26)12-10-19)24(31)16-29(37(5,35)36)23-14-21(30(33)34)13-8-17(23)3/h8-14,18,22H,6-7,15-16H2,1-5H3,(H,27,32). The number of sulfonamides is 1. The van der Waals surface area contributed by atoms with Gasteiger partial charge >= 0.3 is 0 Å². The third-order valence-electron chi connectivity index (χ3n) is 6.00. The largest absolute Gasteiger partial charge is 0.352 e. The Morgan fingerprint density at radius 2 is 1.73 bits per heavy atom. The minimum absolute atomic E-state index is 0.0103. The number of benzene rings is 2. The molecule has 2 aromatic rings. The number of carbonyl (C=O) groups is 2. The van der Waals surface area contributed by atoms with Crippen molar-refractivity contribution in [1.29, 1.82) is 0 Å². The smallest absolute Gasteiger partial charge is 0.271 e. The van der Waals surface area contributed by atoms with Crippen LogP contribution in [0.25, 0.3) is 0 Å². The molecular weight excluding hydrogens is 503 g/mol. The van der Waals surface area contributed by atoms with E-state index in [2.05, 4.69) is 5.32 Å². The fourth-order valence-corrected chi connectivity index (χ4v) is 4.62. The zero-order chi connectivity index (χ0) is 27.9. The number of carbonyl (C=O) groups excluding carboxylic acids is 2. The summed E-state index contributed by atoms with van der Waals surface area (Å²) in [6.07, 6.45) is 1.81. The summed E-state index contributed by atoms with van der Waals surface area (Å²) < 4.78 is 39.8. The molecule has 0 aliphatic rings. The van der Waals surface area contributed by atoms with Crippen LogP contribution in [0.5, 0.6) is 0 Å². The maximum absolute atomic E-state index is 13.7. The van der Waals surface area contributed by atoms with Crippen molar-refractivity contribution in [1.82, 2.24) is 10.2 Å². The summed E-state index contributed by atoms with van der Waals surface area (Å²) in [6.45, 7) is 6.27. The van der Waals surface area contributed by atoms with Gasteiger partial charge in [0.05, 0.1) is 16.9 Å². The molecule has 0 aromatic heterocycles. The number of nitrogens with one attached hydrogen (secondary N) is 1. The van der Waals surface area contributed by atoms with Gasteiger partial charge in [-0.2, -0.15) is 0 Å². The molecule has 0 aliphatic carbocycles. The average molecular weight is 537 g/mol. The van der Waals surface area contributed by atoms with Gasteiger partial charge in [0.25, 0.3) is 5.69 Å². The number of anilines is 1. The van der Waals surface area contributed by atoms with Crippen molar-refractivity contribution in [3.8, 4) is 0 Å². The molecular formula is C25H33FN4O6S. The number of hydrogen-bond donors (Lipinski definition) is 1. The lowest BCUT2D eigenvalue weighted by molar-refractivity contribution is -0.384. The molecule has 2 aromatic carbocycles. The van der Waals surface area contributed by atoms with E-state index < -0.39 is 45.2 Å². The van der Waals surface area contributed by atoms with Crippen LogP contribution in [0.4, 0.5) is 15.8 Å². The highest BCUT2D eigenvalue weighted by atomic mass is 32.2. The summed E-state index contributed by atoms with van der Waals surface area (Å²) in [4.78, 5) is 38.7. The first-order chi connectivity index (χ1) is 17.3. The molecule has 0 bridgehead atoms. The van der Waals surface area contributed by atoms with Crippen LogP contribution in [0.15, 0.2) is 42.5 Å². The molecule has 2 rings (SSSR count). The van der Waals surface area contributed by atoms with Crippen LogP contribution < -0.4 is 9.62 Å². The second kappa shape index (κ2) is 12.6. The van der Waals surface area contributed by atoms with Crippen LogP contribution in [0.2, 0.25) is 0 Å². The van der Waals surface area contributed by atoms with Crippen LogP contribution in [-0.4, -0.2) is 54.9 Å². The molecule has 0 fully saturated rings. The second-order valence-corrected chi connectivity index (χ2v) is 10.8. The van der Waals surface area contributed by atoms with E-state index in [-0.39, 0.29) is 30.4 Å². The Hall–Kier alpha value is -3.54. The van der Waals surface area contributed by atoms with Crippen molar-refractivity contribution in [2.45, 2.75) is 59.2 Å². The maximum atomic E-state index is 13.7. The van der Waals surface area contributed by atoms with Crippen molar-refractivity contribution in [3.63, 3.8) is 0 Å². The van der Waals surface area contributed by atoms with E-state index >= 15 is 0 Å². The van der Waals surface area contributed by atoms with Gasteiger partial charge in [-0.25, -0.2) is 12.8 Å². The fraction of sp³-hybridized carbons (Fsp3) is 0.440. The average Bonchev–Trinajstić information content (AvgIpc) is 2.83. The first-order valence-corrected chi connectivity index (χ1v) is 13.7. The monoisotopic (exact) mass is 536 g/mol. The quantitative estimate of drug-likeness (QED) is 0.326. The highest BCUT2D eigenvalue weighted by Crippen LogP contribution is 2.28. The minimum Gasteiger partial charge on any atom is -0.352 e. The van der Waals surface area contributed by atoms with Gasteiger partial charge in [-0.15, -0.1) is 0 Å².